The first-order valence-corrected chi connectivity index (χ1v) is 9.17. The van der Waals surface area contributed by atoms with Crippen molar-refractivity contribution in [3.63, 3.8) is 0 Å². The Bertz CT molecular complexity index is 640. The standard InChI is InChI=1S/C13H15ClN2O2S2/c1-2-11-9-16(5-6-19-11)20(17,18)13-4-3-10(8-15)7-12(13)14/h3-4,7,11H,2,5-6,9H2,1H3. The summed E-state index contributed by atoms with van der Waals surface area (Å²) in [5.41, 5.74) is 0.356. The molecule has 0 spiro atoms. The van der Waals surface area contributed by atoms with Crippen LogP contribution in [0, 0.1) is 11.3 Å². The molecule has 0 N–H and O–H groups in total. The largest absolute Gasteiger partial charge is 0.244 e. The van der Waals surface area contributed by atoms with Crippen molar-refractivity contribution in [1.29, 1.82) is 5.26 Å². The van der Waals surface area contributed by atoms with E-state index in [0.717, 1.165) is 12.2 Å². The summed E-state index contributed by atoms with van der Waals surface area (Å²) < 4.78 is 26.7. The molecule has 1 unspecified atom stereocenters. The first-order valence-electron chi connectivity index (χ1n) is 6.30. The number of halogens is 1. The molecule has 1 aromatic carbocycles. The number of nitrogens with zero attached hydrogens (tertiary/aromatic N) is 2. The van der Waals surface area contributed by atoms with Crippen LogP contribution in [-0.2, 0) is 10.0 Å². The van der Waals surface area contributed by atoms with Crippen LogP contribution < -0.4 is 0 Å². The van der Waals surface area contributed by atoms with Crippen molar-refractivity contribution >= 4 is 33.4 Å². The molecule has 0 aromatic heterocycles. The molecule has 1 atom stereocenters. The van der Waals surface area contributed by atoms with Crippen LogP contribution in [0.15, 0.2) is 23.1 Å². The summed E-state index contributed by atoms with van der Waals surface area (Å²) in [6.45, 7) is 3.07. The van der Waals surface area contributed by atoms with Gasteiger partial charge >= 0.3 is 0 Å². The molecule has 0 radical (unpaired) electrons. The second-order valence-electron chi connectivity index (χ2n) is 4.52. The van der Waals surface area contributed by atoms with Gasteiger partial charge in [-0.05, 0) is 24.6 Å². The predicted octanol–water partition coefficient (Wildman–Crippen LogP) is 2.73. The molecule has 0 saturated carbocycles. The van der Waals surface area contributed by atoms with E-state index in [1.165, 1.54) is 22.5 Å². The van der Waals surface area contributed by atoms with Gasteiger partial charge in [0.25, 0.3) is 0 Å². The zero-order chi connectivity index (χ0) is 14.8. The van der Waals surface area contributed by atoms with E-state index in [1.54, 1.807) is 11.8 Å². The third-order valence-corrected chi connectivity index (χ3v) is 6.96. The molecule has 0 amide bonds. The Morgan fingerprint density at radius 1 is 1.55 bits per heavy atom. The summed E-state index contributed by atoms with van der Waals surface area (Å²) in [4.78, 5) is 0.0833. The highest BCUT2D eigenvalue weighted by Gasteiger charge is 2.31. The van der Waals surface area contributed by atoms with E-state index in [9.17, 15) is 8.42 Å². The van der Waals surface area contributed by atoms with E-state index in [1.807, 2.05) is 6.07 Å². The number of hydrogen-bond donors (Lipinski definition) is 0. The van der Waals surface area contributed by atoms with Crippen molar-refractivity contribution < 1.29 is 8.42 Å². The van der Waals surface area contributed by atoms with Gasteiger partial charge in [-0.3, -0.25) is 0 Å². The lowest BCUT2D eigenvalue weighted by molar-refractivity contribution is 0.416. The van der Waals surface area contributed by atoms with Gasteiger partial charge < -0.3 is 0 Å². The Balaban J connectivity index is 2.33. The molecular formula is C13H15ClN2O2S2. The first-order chi connectivity index (χ1) is 9.48. The highest BCUT2D eigenvalue weighted by molar-refractivity contribution is 8.00. The Hall–Kier alpha value is -0.740. The van der Waals surface area contributed by atoms with Gasteiger partial charge in [-0.1, -0.05) is 18.5 Å². The summed E-state index contributed by atoms with van der Waals surface area (Å²) in [5, 5.41) is 9.24. The fraction of sp³-hybridized carbons (Fsp3) is 0.462. The van der Waals surface area contributed by atoms with Crippen molar-refractivity contribution in [2.75, 3.05) is 18.8 Å². The molecule has 7 heteroatoms. The number of benzene rings is 1. The molecule has 1 aromatic rings. The summed E-state index contributed by atoms with van der Waals surface area (Å²) in [5.74, 6) is 0.797. The number of sulfonamides is 1. The van der Waals surface area contributed by atoms with Crippen molar-refractivity contribution in [2.24, 2.45) is 0 Å². The minimum absolute atomic E-state index is 0.0833. The van der Waals surface area contributed by atoms with Gasteiger partial charge in [0.1, 0.15) is 4.90 Å². The van der Waals surface area contributed by atoms with Crippen molar-refractivity contribution in [3.05, 3.63) is 28.8 Å². The predicted molar refractivity (Wildman–Crippen MR) is 81.5 cm³/mol. The van der Waals surface area contributed by atoms with Gasteiger partial charge in [-0.15, -0.1) is 0 Å². The molecule has 1 aliphatic heterocycles. The Labute approximate surface area is 128 Å². The number of nitriles is 1. The van der Waals surface area contributed by atoms with Gasteiger partial charge in [0.05, 0.1) is 16.7 Å². The summed E-state index contributed by atoms with van der Waals surface area (Å²) in [6.07, 6.45) is 0.942. The van der Waals surface area contributed by atoms with Crippen molar-refractivity contribution in [3.8, 4) is 6.07 Å². The minimum atomic E-state index is -3.58. The number of rotatable bonds is 3. The highest BCUT2D eigenvalue weighted by atomic mass is 35.5. The van der Waals surface area contributed by atoms with Crippen LogP contribution in [-0.4, -0.2) is 36.8 Å². The molecule has 0 aliphatic carbocycles. The Kier molecular flexibility index (Phi) is 4.97. The Morgan fingerprint density at radius 2 is 2.30 bits per heavy atom. The lowest BCUT2D eigenvalue weighted by atomic mass is 10.2. The average Bonchev–Trinajstić information content (AvgIpc) is 2.46. The molecule has 0 bridgehead atoms. The average molecular weight is 331 g/mol. The van der Waals surface area contributed by atoms with Crippen molar-refractivity contribution in [2.45, 2.75) is 23.5 Å². The third kappa shape index (κ3) is 3.12. The summed E-state index contributed by atoms with van der Waals surface area (Å²) in [7, 11) is -3.58. The maximum Gasteiger partial charge on any atom is 0.244 e. The fourth-order valence-corrected chi connectivity index (χ4v) is 5.47. The van der Waals surface area contributed by atoms with Gasteiger partial charge in [-0.25, -0.2) is 8.42 Å². The maximum absolute atomic E-state index is 12.6. The van der Waals surface area contributed by atoms with E-state index in [0.29, 0.717) is 23.9 Å². The van der Waals surface area contributed by atoms with Crippen LogP contribution in [0.25, 0.3) is 0 Å². The molecule has 1 saturated heterocycles. The van der Waals surface area contributed by atoms with Crippen LogP contribution in [0.2, 0.25) is 5.02 Å². The molecule has 1 aliphatic rings. The zero-order valence-electron chi connectivity index (χ0n) is 11.0. The monoisotopic (exact) mass is 330 g/mol. The van der Waals surface area contributed by atoms with Gasteiger partial charge in [0, 0.05) is 24.1 Å². The smallest absolute Gasteiger partial charge is 0.207 e. The molecule has 1 fully saturated rings. The molecule has 2 rings (SSSR count). The van der Waals surface area contributed by atoms with Gasteiger partial charge in [0.2, 0.25) is 10.0 Å². The van der Waals surface area contributed by atoms with Crippen LogP contribution in [0.1, 0.15) is 18.9 Å². The van der Waals surface area contributed by atoms with E-state index < -0.39 is 10.0 Å². The molecule has 1 heterocycles. The molecule has 108 valence electrons. The normalized spacial score (nSPS) is 20.6. The maximum atomic E-state index is 12.6. The zero-order valence-corrected chi connectivity index (χ0v) is 13.4. The van der Waals surface area contributed by atoms with Crippen molar-refractivity contribution in [1.82, 2.24) is 4.31 Å². The molecular weight excluding hydrogens is 316 g/mol. The second kappa shape index (κ2) is 6.35. The van der Waals surface area contributed by atoms with Crippen LogP contribution in [0.5, 0.6) is 0 Å². The quantitative estimate of drug-likeness (QED) is 0.855. The molecule has 20 heavy (non-hydrogen) atoms. The summed E-state index contributed by atoms with van der Waals surface area (Å²) in [6, 6.07) is 6.24. The lowest BCUT2D eigenvalue weighted by Crippen LogP contribution is -2.41. The third-order valence-electron chi connectivity index (χ3n) is 3.24. The topological polar surface area (TPSA) is 61.2 Å². The van der Waals surface area contributed by atoms with Gasteiger partial charge in [-0.2, -0.15) is 21.3 Å². The SMILES string of the molecule is CCC1CN(S(=O)(=O)c2ccc(C#N)cc2Cl)CCS1. The van der Waals surface area contributed by atoms with E-state index in [-0.39, 0.29) is 9.92 Å². The number of hydrogen-bond acceptors (Lipinski definition) is 4. The van der Waals surface area contributed by atoms with Crippen LogP contribution >= 0.6 is 23.4 Å². The van der Waals surface area contributed by atoms with Crippen LogP contribution in [0.3, 0.4) is 0 Å². The number of thioether (sulfide) groups is 1. The van der Waals surface area contributed by atoms with Crippen LogP contribution in [0.4, 0.5) is 0 Å². The van der Waals surface area contributed by atoms with E-state index >= 15 is 0 Å². The highest BCUT2D eigenvalue weighted by Crippen LogP contribution is 2.29. The lowest BCUT2D eigenvalue weighted by Gasteiger charge is -2.31. The second-order valence-corrected chi connectivity index (χ2v) is 8.24. The van der Waals surface area contributed by atoms with Gasteiger partial charge in [0.15, 0.2) is 0 Å². The van der Waals surface area contributed by atoms with E-state index in [2.05, 4.69) is 6.92 Å². The fourth-order valence-electron chi connectivity index (χ4n) is 2.08. The Morgan fingerprint density at radius 3 is 2.90 bits per heavy atom. The first kappa shape index (κ1) is 15.6. The summed E-state index contributed by atoms with van der Waals surface area (Å²) >= 11 is 7.83. The van der Waals surface area contributed by atoms with E-state index in [4.69, 9.17) is 16.9 Å². The molecule has 4 nitrogen and oxygen atoms in total. The minimum Gasteiger partial charge on any atom is -0.207 e.